The molecule has 0 aromatic rings. The molecule has 0 saturated heterocycles. The third kappa shape index (κ3) is 1.70. The summed E-state index contributed by atoms with van der Waals surface area (Å²) in [4.78, 5) is 0.0466. The Bertz CT molecular complexity index is 198. The molecule has 0 spiro atoms. The molecular weight excluding hydrogens is 169 g/mol. The predicted molar refractivity (Wildman–Crippen MR) is 42.9 cm³/mol. The standard InChI is InChI=1S/C5H8FN3OS/c6-5(1-2-10)4(11)3-7-9-8-5/h3,8-10H,1-2H2. The molecule has 0 aliphatic carbocycles. The highest BCUT2D eigenvalue weighted by Crippen LogP contribution is 2.14. The van der Waals surface area contributed by atoms with Crippen LogP contribution in [0, 0.1) is 0 Å². The zero-order valence-corrected chi connectivity index (χ0v) is 6.49. The van der Waals surface area contributed by atoms with Crippen LogP contribution in [0.4, 0.5) is 4.39 Å². The Labute approximate surface area is 68.4 Å². The number of aliphatic hydroxyl groups excluding tert-OH is 1. The second kappa shape index (κ2) is 3.21. The van der Waals surface area contributed by atoms with Crippen molar-refractivity contribution >= 4 is 23.3 Å². The zero-order chi connectivity index (χ0) is 8.32. The van der Waals surface area contributed by atoms with Gasteiger partial charge in [-0.15, -0.1) is 0 Å². The largest absolute Gasteiger partial charge is 0.396 e. The SMILES string of the molecule is OCCC1(F)NNN=CC1=S. The average Bonchev–Trinajstić information content (AvgIpc) is 1.96. The summed E-state index contributed by atoms with van der Waals surface area (Å²) in [7, 11) is 0. The van der Waals surface area contributed by atoms with Crippen LogP contribution < -0.4 is 11.0 Å². The third-order valence-electron chi connectivity index (χ3n) is 1.35. The number of halogens is 1. The highest BCUT2D eigenvalue weighted by molar-refractivity contribution is 7.82. The Hall–Kier alpha value is -0.590. The van der Waals surface area contributed by atoms with Crippen molar-refractivity contribution in [2.24, 2.45) is 5.10 Å². The maximum absolute atomic E-state index is 13.4. The van der Waals surface area contributed by atoms with E-state index in [4.69, 9.17) is 5.11 Å². The average molecular weight is 177 g/mol. The van der Waals surface area contributed by atoms with Crippen molar-refractivity contribution in [3.8, 4) is 0 Å². The number of hydrazone groups is 1. The van der Waals surface area contributed by atoms with Gasteiger partial charge < -0.3 is 5.11 Å². The van der Waals surface area contributed by atoms with Gasteiger partial charge in [-0.25, -0.2) is 9.93 Å². The first-order chi connectivity index (χ1) is 5.19. The first-order valence-corrected chi connectivity index (χ1v) is 3.49. The molecule has 0 radical (unpaired) electrons. The molecule has 1 heterocycles. The van der Waals surface area contributed by atoms with Gasteiger partial charge in [0.05, 0.1) is 11.1 Å². The maximum Gasteiger partial charge on any atom is 0.218 e. The summed E-state index contributed by atoms with van der Waals surface area (Å²) in [5, 5.41) is 12.0. The summed E-state index contributed by atoms with van der Waals surface area (Å²) < 4.78 is 13.4. The van der Waals surface area contributed by atoms with Gasteiger partial charge in [0.15, 0.2) is 0 Å². The molecule has 6 heteroatoms. The second-order valence-electron chi connectivity index (χ2n) is 2.13. The van der Waals surface area contributed by atoms with Crippen LogP contribution in [0.15, 0.2) is 5.10 Å². The molecular formula is C5H8FN3OS. The van der Waals surface area contributed by atoms with Crippen LogP contribution in [0.3, 0.4) is 0 Å². The molecule has 1 aliphatic rings. The van der Waals surface area contributed by atoms with Crippen LogP contribution >= 0.6 is 12.2 Å². The van der Waals surface area contributed by atoms with Crippen molar-refractivity contribution in [3.05, 3.63) is 0 Å². The Balaban J connectivity index is 2.68. The van der Waals surface area contributed by atoms with E-state index in [1.807, 2.05) is 0 Å². The molecule has 1 atom stereocenters. The number of nitrogens with one attached hydrogen (secondary N) is 2. The zero-order valence-electron chi connectivity index (χ0n) is 5.67. The lowest BCUT2D eigenvalue weighted by Crippen LogP contribution is -2.56. The van der Waals surface area contributed by atoms with Crippen LogP contribution in [0.1, 0.15) is 6.42 Å². The van der Waals surface area contributed by atoms with Crippen molar-refractivity contribution in [2.45, 2.75) is 12.2 Å². The van der Waals surface area contributed by atoms with Crippen molar-refractivity contribution in [1.82, 2.24) is 11.0 Å². The molecule has 1 unspecified atom stereocenters. The van der Waals surface area contributed by atoms with Gasteiger partial charge in [-0.2, -0.15) is 10.5 Å². The smallest absolute Gasteiger partial charge is 0.218 e. The minimum atomic E-state index is -1.84. The number of alkyl halides is 1. The van der Waals surface area contributed by atoms with Crippen LogP contribution in [-0.2, 0) is 0 Å². The molecule has 3 N–H and O–H groups in total. The normalized spacial score (nSPS) is 30.2. The summed E-state index contributed by atoms with van der Waals surface area (Å²) in [6, 6.07) is 0. The predicted octanol–water partition coefficient (Wildman–Crippen LogP) is -0.502. The van der Waals surface area contributed by atoms with Gasteiger partial charge in [-0.05, 0) is 0 Å². The van der Waals surface area contributed by atoms with Crippen LogP contribution in [0.5, 0.6) is 0 Å². The van der Waals surface area contributed by atoms with E-state index in [0.29, 0.717) is 0 Å². The quantitative estimate of drug-likeness (QED) is 0.393. The number of rotatable bonds is 2. The van der Waals surface area contributed by atoms with E-state index in [9.17, 15) is 4.39 Å². The third-order valence-corrected chi connectivity index (χ3v) is 1.78. The van der Waals surface area contributed by atoms with E-state index in [-0.39, 0.29) is 17.9 Å². The molecule has 0 fully saturated rings. The maximum atomic E-state index is 13.4. The molecule has 1 rings (SSSR count). The van der Waals surface area contributed by atoms with Gasteiger partial charge in [-0.1, -0.05) is 12.2 Å². The van der Waals surface area contributed by atoms with Crippen molar-refractivity contribution < 1.29 is 9.50 Å². The summed E-state index contributed by atoms with van der Waals surface area (Å²) in [6.07, 6.45) is 1.13. The van der Waals surface area contributed by atoms with E-state index in [1.165, 1.54) is 6.21 Å². The van der Waals surface area contributed by atoms with Crippen LogP contribution in [-0.4, -0.2) is 28.6 Å². The van der Waals surface area contributed by atoms with Gasteiger partial charge >= 0.3 is 0 Å². The van der Waals surface area contributed by atoms with E-state index in [0.717, 1.165) is 0 Å². The summed E-state index contributed by atoms with van der Waals surface area (Å²) >= 11 is 4.67. The summed E-state index contributed by atoms with van der Waals surface area (Å²) in [5.41, 5.74) is 4.47. The van der Waals surface area contributed by atoms with Crippen molar-refractivity contribution in [2.75, 3.05) is 6.61 Å². The van der Waals surface area contributed by atoms with Crippen molar-refractivity contribution in [1.29, 1.82) is 0 Å². The van der Waals surface area contributed by atoms with E-state index >= 15 is 0 Å². The molecule has 0 saturated carbocycles. The minimum Gasteiger partial charge on any atom is -0.396 e. The first kappa shape index (κ1) is 8.51. The number of aliphatic hydroxyl groups is 1. The number of hydrogen-bond donors (Lipinski definition) is 3. The van der Waals surface area contributed by atoms with Gasteiger partial charge in [-0.3, -0.25) is 0 Å². The summed E-state index contributed by atoms with van der Waals surface area (Å²) in [5.74, 6) is -1.84. The van der Waals surface area contributed by atoms with E-state index in [1.54, 1.807) is 0 Å². The van der Waals surface area contributed by atoms with Crippen LogP contribution in [0.25, 0.3) is 0 Å². The number of nitrogens with zero attached hydrogens (tertiary/aromatic N) is 1. The molecule has 62 valence electrons. The Morgan fingerprint density at radius 2 is 2.55 bits per heavy atom. The highest BCUT2D eigenvalue weighted by Gasteiger charge is 2.34. The molecule has 1 aliphatic heterocycles. The van der Waals surface area contributed by atoms with Crippen LogP contribution in [0.2, 0.25) is 0 Å². The molecule has 4 nitrogen and oxygen atoms in total. The molecule has 0 bridgehead atoms. The molecule has 11 heavy (non-hydrogen) atoms. The van der Waals surface area contributed by atoms with Crippen molar-refractivity contribution in [3.63, 3.8) is 0 Å². The van der Waals surface area contributed by atoms with Gasteiger partial charge in [0.2, 0.25) is 5.79 Å². The number of hydrazine groups is 1. The topological polar surface area (TPSA) is 56.6 Å². The minimum absolute atomic E-state index is 0.0466. The monoisotopic (exact) mass is 177 g/mol. The fourth-order valence-electron chi connectivity index (χ4n) is 0.715. The summed E-state index contributed by atoms with van der Waals surface area (Å²) in [6.45, 7) is -0.265. The number of thiocarbonyl (C=S) groups is 1. The first-order valence-electron chi connectivity index (χ1n) is 3.08. The van der Waals surface area contributed by atoms with Gasteiger partial charge in [0.1, 0.15) is 0 Å². The molecule has 0 aromatic heterocycles. The second-order valence-corrected chi connectivity index (χ2v) is 2.57. The van der Waals surface area contributed by atoms with E-state index in [2.05, 4.69) is 28.3 Å². The molecule has 0 aromatic carbocycles. The van der Waals surface area contributed by atoms with E-state index < -0.39 is 5.79 Å². The molecule has 0 amide bonds. The van der Waals surface area contributed by atoms with Gasteiger partial charge in [0, 0.05) is 13.0 Å². The Morgan fingerprint density at radius 3 is 3.09 bits per heavy atom. The lowest BCUT2D eigenvalue weighted by molar-refractivity contribution is 0.128. The lowest BCUT2D eigenvalue weighted by Gasteiger charge is -2.27. The highest BCUT2D eigenvalue weighted by atomic mass is 32.1. The fourth-order valence-corrected chi connectivity index (χ4v) is 0.921. The fraction of sp³-hybridized carbons (Fsp3) is 0.600. The Morgan fingerprint density at radius 1 is 1.82 bits per heavy atom. The lowest BCUT2D eigenvalue weighted by atomic mass is 10.1. The number of hydrogen-bond acceptors (Lipinski definition) is 5. The van der Waals surface area contributed by atoms with Gasteiger partial charge in [0.25, 0.3) is 0 Å². The Kier molecular flexibility index (Phi) is 2.48.